The number of aromatic nitrogens is 2. The minimum Gasteiger partial charge on any atom is -0.493 e. The molecule has 3 aromatic rings. The first-order chi connectivity index (χ1) is 17.2. The summed E-state index contributed by atoms with van der Waals surface area (Å²) in [5.41, 5.74) is 4.71. The van der Waals surface area contributed by atoms with E-state index in [0.717, 1.165) is 22.4 Å². The summed E-state index contributed by atoms with van der Waals surface area (Å²) < 4.78 is 16.5. The summed E-state index contributed by atoms with van der Waals surface area (Å²) in [5, 5.41) is 14.0. The molecule has 0 atom stereocenters. The summed E-state index contributed by atoms with van der Waals surface area (Å²) in [7, 11) is 4.57. The lowest BCUT2D eigenvalue weighted by atomic mass is 10.1. The molecule has 2 aromatic carbocycles. The van der Waals surface area contributed by atoms with E-state index in [1.165, 1.54) is 50.5 Å². The average molecular weight is 529 g/mol. The summed E-state index contributed by atoms with van der Waals surface area (Å²) in [6.45, 7) is 5.97. The van der Waals surface area contributed by atoms with Gasteiger partial charge in [0.05, 0.1) is 27.1 Å². The second-order valence-corrected chi connectivity index (χ2v) is 9.96. The molecular weight excluding hydrogens is 500 g/mol. The molecule has 0 spiro atoms. The third kappa shape index (κ3) is 6.98. The molecule has 0 aliphatic heterocycles. The average Bonchev–Trinajstić information content (AvgIpc) is 3.29. The fourth-order valence-electron chi connectivity index (χ4n) is 3.52. The van der Waals surface area contributed by atoms with Gasteiger partial charge in [-0.15, -0.1) is 10.2 Å². The van der Waals surface area contributed by atoms with Crippen LogP contribution in [0.15, 0.2) is 34.7 Å². The molecule has 0 radical (unpaired) electrons. The zero-order valence-corrected chi connectivity index (χ0v) is 22.6. The molecule has 0 aliphatic carbocycles. The first kappa shape index (κ1) is 27.0. The van der Waals surface area contributed by atoms with Crippen molar-refractivity contribution in [2.24, 2.45) is 0 Å². The number of aryl methyl sites for hydroxylation is 3. The van der Waals surface area contributed by atoms with E-state index in [2.05, 4.69) is 20.8 Å². The number of nitrogens with zero attached hydrogens (tertiary/aromatic N) is 2. The van der Waals surface area contributed by atoms with Gasteiger partial charge in [-0.2, -0.15) is 0 Å². The van der Waals surface area contributed by atoms with Crippen molar-refractivity contribution >= 4 is 51.8 Å². The third-order valence-corrected chi connectivity index (χ3v) is 6.99. The maximum atomic E-state index is 12.4. The molecule has 2 amide bonds. The predicted octanol–water partition coefficient (Wildman–Crippen LogP) is 4.87. The maximum absolute atomic E-state index is 12.4. The number of hydrogen-bond donors (Lipinski definition) is 2. The number of carbonyl (C=O) groups is 2. The lowest BCUT2D eigenvalue weighted by molar-refractivity contribution is -0.114. The third-order valence-electron chi connectivity index (χ3n) is 5.02. The van der Waals surface area contributed by atoms with E-state index in [0.29, 0.717) is 32.3 Å². The molecule has 2 N–H and O–H groups in total. The molecule has 9 nitrogen and oxygen atoms in total. The highest BCUT2D eigenvalue weighted by Crippen LogP contribution is 2.38. The zero-order chi connectivity index (χ0) is 26.2. The Balaban J connectivity index is 1.56. The van der Waals surface area contributed by atoms with Crippen LogP contribution in [0.2, 0.25) is 0 Å². The van der Waals surface area contributed by atoms with Crippen molar-refractivity contribution in [2.45, 2.75) is 25.1 Å². The van der Waals surface area contributed by atoms with Gasteiger partial charge in [-0.3, -0.25) is 14.9 Å². The van der Waals surface area contributed by atoms with Crippen LogP contribution in [-0.4, -0.2) is 49.1 Å². The molecule has 11 heteroatoms. The second-order valence-electron chi connectivity index (χ2n) is 7.76. The van der Waals surface area contributed by atoms with E-state index < -0.39 is 0 Å². The van der Waals surface area contributed by atoms with Crippen LogP contribution >= 0.6 is 23.1 Å². The molecular formula is C25H28N4O5S2. The number of ether oxygens (including phenoxy) is 3. The van der Waals surface area contributed by atoms with Crippen molar-refractivity contribution in [3.05, 3.63) is 52.6 Å². The van der Waals surface area contributed by atoms with Crippen molar-refractivity contribution in [2.75, 3.05) is 37.7 Å². The highest BCUT2D eigenvalue weighted by atomic mass is 32.2. The van der Waals surface area contributed by atoms with Crippen LogP contribution < -0.4 is 24.8 Å². The number of thioether (sulfide) groups is 1. The molecule has 36 heavy (non-hydrogen) atoms. The summed E-state index contributed by atoms with van der Waals surface area (Å²) in [4.78, 5) is 24.8. The van der Waals surface area contributed by atoms with Gasteiger partial charge in [0.15, 0.2) is 15.8 Å². The van der Waals surface area contributed by atoms with Crippen molar-refractivity contribution in [1.29, 1.82) is 0 Å². The molecule has 1 aromatic heterocycles. The molecule has 3 rings (SSSR count). The van der Waals surface area contributed by atoms with Crippen molar-refractivity contribution in [3.63, 3.8) is 0 Å². The van der Waals surface area contributed by atoms with Crippen LogP contribution in [0.25, 0.3) is 6.08 Å². The molecule has 0 saturated carbocycles. The number of rotatable bonds is 10. The quantitative estimate of drug-likeness (QED) is 0.218. The van der Waals surface area contributed by atoms with Gasteiger partial charge in [0.1, 0.15) is 0 Å². The fourth-order valence-corrected chi connectivity index (χ4v) is 5.07. The molecule has 0 fully saturated rings. The molecule has 190 valence electrons. The Kier molecular flexibility index (Phi) is 9.31. The summed E-state index contributed by atoms with van der Waals surface area (Å²) in [5.74, 6) is 1.11. The van der Waals surface area contributed by atoms with Gasteiger partial charge >= 0.3 is 0 Å². The summed E-state index contributed by atoms with van der Waals surface area (Å²) in [6.07, 6.45) is 2.99. The first-order valence-corrected chi connectivity index (χ1v) is 12.7. The van der Waals surface area contributed by atoms with Crippen molar-refractivity contribution in [1.82, 2.24) is 10.2 Å². The lowest BCUT2D eigenvalue weighted by Gasteiger charge is -2.12. The monoisotopic (exact) mass is 528 g/mol. The van der Waals surface area contributed by atoms with E-state index in [-0.39, 0.29) is 17.6 Å². The molecule has 1 heterocycles. The second kappa shape index (κ2) is 12.4. The smallest absolute Gasteiger partial charge is 0.250 e. The topological polar surface area (TPSA) is 112 Å². The standard InChI is InChI=1S/C25H28N4O5S2/c1-14-9-15(2)22(16(3)10-14)26-21(31)13-35-25-29-28-24(36-25)27-20(30)8-7-17-11-18(32-4)23(34-6)19(12-17)33-5/h7-12H,13H2,1-6H3,(H,26,31)(H,27,28,30)/b8-7+. The Hall–Kier alpha value is -3.57. The minimum atomic E-state index is -0.375. The summed E-state index contributed by atoms with van der Waals surface area (Å²) >= 11 is 2.45. The molecule has 0 saturated heterocycles. The van der Waals surface area contributed by atoms with Crippen LogP contribution in [0.1, 0.15) is 22.3 Å². The van der Waals surface area contributed by atoms with Gasteiger partial charge in [0.2, 0.25) is 22.7 Å². The van der Waals surface area contributed by atoms with Crippen LogP contribution in [0.4, 0.5) is 10.8 Å². The molecule has 0 aliphatic rings. The number of anilines is 2. The number of amides is 2. The van der Waals surface area contributed by atoms with Crippen LogP contribution in [0.5, 0.6) is 17.2 Å². The van der Waals surface area contributed by atoms with Gasteiger partial charge in [0, 0.05) is 11.8 Å². The van der Waals surface area contributed by atoms with Gasteiger partial charge in [-0.25, -0.2) is 0 Å². The number of hydrogen-bond acceptors (Lipinski definition) is 9. The van der Waals surface area contributed by atoms with Gasteiger partial charge in [-0.05, 0) is 55.7 Å². The summed E-state index contributed by atoms with van der Waals surface area (Å²) in [6, 6.07) is 7.53. The minimum absolute atomic E-state index is 0.135. The van der Waals surface area contributed by atoms with Gasteiger partial charge < -0.3 is 19.5 Å². The Labute approximate surface area is 218 Å². The number of nitrogens with one attached hydrogen (secondary N) is 2. The first-order valence-electron chi connectivity index (χ1n) is 10.9. The number of methoxy groups -OCH3 is 3. The van der Waals surface area contributed by atoms with Gasteiger partial charge in [0.25, 0.3) is 0 Å². The van der Waals surface area contributed by atoms with Crippen molar-refractivity contribution < 1.29 is 23.8 Å². The highest BCUT2D eigenvalue weighted by molar-refractivity contribution is 8.01. The fraction of sp³-hybridized carbons (Fsp3) is 0.280. The Morgan fingerprint density at radius 3 is 2.17 bits per heavy atom. The Morgan fingerprint density at radius 2 is 1.58 bits per heavy atom. The Morgan fingerprint density at radius 1 is 0.944 bits per heavy atom. The number of benzene rings is 2. The molecule has 0 bridgehead atoms. The van der Waals surface area contributed by atoms with E-state index in [9.17, 15) is 9.59 Å². The van der Waals surface area contributed by atoms with E-state index in [1.54, 1.807) is 18.2 Å². The SMILES string of the molecule is COc1cc(/C=C/C(=O)Nc2nnc(SCC(=O)Nc3c(C)cc(C)cc3C)s2)cc(OC)c1OC. The lowest BCUT2D eigenvalue weighted by Crippen LogP contribution is -2.15. The van der Waals surface area contributed by atoms with Gasteiger partial charge in [-0.1, -0.05) is 40.8 Å². The van der Waals surface area contributed by atoms with E-state index in [1.807, 2.05) is 32.9 Å². The predicted molar refractivity (Wildman–Crippen MR) is 144 cm³/mol. The highest BCUT2D eigenvalue weighted by Gasteiger charge is 2.14. The van der Waals surface area contributed by atoms with Crippen LogP contribution in [0.3, 0.4) is 0 Å². The maximum Gasteiger partial charge on any atom is 0.250 e. The molecule has 0 unspecified atom stereocenters. The normalized spacial score (nSPS) is 10.8. The van der Waals surface area contributed by atoms with E-state index in [4.69, 9.17) is 14.2 Å². The zero-order valence-electron chi connectivity index (χ0n) is 20.9. The largest absolute Gasteiger partial charge is 0.493 e. The van der Waals surface area contributed by atoms with E-state index >= 15 is 0 Å². The van der Waals surface area contributed by atoms with Crippen molar-refractivity contribution in [3.8, 4) is 17.2 Å². The van der Waals surface area contributed by atoms with Crippen LogP contribution in [-0.2, 0) is 9.59 Å². The number of carbonyl (C=O) groups excluding carboxylic acids is 2. The van der Waals surface area contributed by atoms with Crippen LogP contribution in [0, 0.1) is 20.8 Å². The Bertz CT molecular complexity index is 1240.